The lowest BCUT2D eigenvalue weighted by molar-refractivity contribution is 0.0930. The van der Waals surface area contributed by atoms with E-state index in [1.807, 2.05) is 6.07 Å². The number of fused-ring (bicyclic) bond motifs is 1. The summed E-state index contributed by atoms with van der Waals surface area (Å²) in [7, 11) is -3.28. The van der Waals surface area contributed by atoms with Crippen molar-refractivity contribution in [3.05, 3.63) is 57.4 Å². The van der Waals surface area contributed by atoms with Crippen molar-refractivity contribution in [2.75, 3.05) is 5.75 Å². The van der Waals surface area contributed by atoms with Gasteiger partial charge in [0.05, 0.1) is 25.9 Å². The molecule has 0 radical (unpaired) electrons. The van der Waals surface area contributed by atoms with Gasteiger partial charge in [0, 0.05) is 5.38 Å². The Hall–Kier alpha value is -1.74. The first-order valence-corrected chi connectivity index (χ1v) is 11.5. The SMILES string of the molecule is O=C(NC1CCS(=O)(=O)c2ccccc21)c1csc(-c2ccc(Cl)s2)n1. The van der Waals surface area contributed by atoms with Gasteiger partial charge in [-0.05, 0) is 30.2 Å². The number of thiophene rings is 1. The van der Waals surface area contributed by atoms with Crippen LogP contribution in [0.25, 0.3) is 9.88 Å². The maximum absolute atomic E-state index is 12.6. The van der Waals surface area contributed by atoms with E-state index < -0.39 is 9.84 Å². The number of benzene rings is 1. The molecule has 1 aromatic carbocycles. The first-order chi connectivity index (χ1) is 12.4. The molecule has 26 heavy (non-hydrogen) atoms. The van der Waals surface area contributed by atoms with Crippen LogP contribution in [0.3, 0.4) is 0 Å². The summed E-state index contributed by atoms with van der Waals surface area (Å²) >= 11 is 8.73. The van der Waals surface area contributed by atoms with Gasteiger partial charge in [-0.2, -0.15) is 0 Å². The lowest BCUT2D eigenvalue weighted by Gasteiger charge is -2.25. The predicted octanol–water partition coefficient (Wildman–Crippen LogP) is 4.17. The average Bonchev–Trinajstić information content (AvgIpc) is 3.26. The molecule has 0 spiro atoms. The number of thiazole rings is 1. The van der Waals surface area contributed by atoms with Crippen LogP contribution in [0, 0.1) is 0 Å². The quantitative estimate of drug-likeness (QED) is 0.684. The molecule has 3 heterocycles. The van der Waals surface area contributed by atoms with Gasteiger partial charge in [-0.15, -0.1) is 22.7 Å². The maximum Gasteiger partial charge on any atom is 0.271 e. The van der Waals surface area contributed by atoms with E-state index >= 15 is 0 Å². The first kappa shape index (κ1) is 17.7. The van der Waals surface area contributed by atoms with Crippen LogP contribution >= 0.6 is 34.3 Å². The summed E-state index contributed by atoms with van der Waals surface area (Å²) in [6.45, 7) is 0. The van der Waals surface area contributed by atoms with Crippen molar-refractivity contribution in [3.63, 3.8) is 0 Å². The fourth-order valence-electron chi connectivity index (χ4n) is 2.89. The summed E-state index contributed by atoms with van der Waals surface area (Å²) < 4.78 is 25.1. The Morgan fingerprint density at radius 3 is 2.81 bits per heavy atom. The highest BCUT2D eigenvalue weighted by Crippen LogP contribution is 2.34. The Labute approximate surface area is 163 Å². The average molecular weight is 425 g/mol. The van der Waals surface area contributed by atoms with Gasteiger partial charge < -0.3 is 5.32 Å². The van der Waals surface area contributed by atoms with E-state index in [4.69, 9.17) is 11.6 Å². The lowest BCUT2D eigenvalue weighted by atomic mass is 10.0. The number of hydrogen-bond donors (Lipinski definition) is 1. The van der Waals surface area contributed by atoms with E-state index in [9.17, 15) is 13.2 Å². The van der Waals surface area contributed by atoms with Crippen molar-refractivity contribution in [2.24, 2.45) is 0 Å². The van der Waals surface area contributed by atoms with Gasteiger partial charge in [0.1, 0.15) is 10.7 Å². The molecule has 1 unspecified atom stereocenters. The van der Waals surface area contributed by atoms with E-state index in [2.05, 4.69) is 10.3 Å². The number of carbonyl (C=O) groups excluding carboxylic acids is 1. The molecule has 1 N–H and O–H groups in total. The van der Waals surface area contributed by atoms with Crippen LogP contribution in [-0.4, -0.2) is 25.1 Å². The van der Waals surface area contributed by atoms with E-state index in [1.165, 1.54) is 22.7 Å². The summed E-state index contributed by atoms with van der Waals surface area (Å²) in [5.74, 6) is -0.292. The van der Waals surface area contributed by atoms with Gasteiger partial charge in [0.2, 0.25) is 0 Å². The van der Waals surface area contributed by atoms with E-state index in [-0.39, 0.29) is 17.7 Å². The number of hydrogen-bond acceptors (Lipinski definition) is 6. The Bertz CT molecular complexity index is 1090. The highest BCUT2D eigenvalue weighted by molar-refractivity contribution is 7.91. The fraction of sp³-hybridized carbons (Fsp3) is 0.176. The zero-order valence-corrected chi connectivity index (χ0v) is 16.5. The highest BCUT2D eigenvalue weighted by atomic mass is 35.5. The van der Waals surface area contributed by atoms with E-state index in [0.29, 0.717) is 26.9 Å². The standard InChI is InChI=1S/C17H13ClN2O3S3/c18-15-6-5-13(25-15)17-20-12(9-24-17)16(21)19-11-7-8-26(22,23)14-4-2-1-3-10(11)14/h1-6,9,11H,7-8H2,(H,19,21). The topological polar surface area (TPSA) is 76.1 Å². The summed E-state index contributed by atoms with van der Waals surface area (Å²) in [6.07, 6.45) is 0.350. The summed E-state index contributed by atoms with van der Waals surface area (Å²) in [5.41, 5.74) is 0.952. The second kappa shape index (κ2) is 6.77. The van der Waals surface area contributed by atoms with Crippen molar-refractivity contribution < 1.29 is 13.2 Å². The molecule has 3 aromatic rings. The van der Waals surface area contributed by atoms with E-state index in [0.717, 1.165) is 9.88 Å². The second-order valence-corrected chi connectivity index (χ2v) is 10.5. The zero-order chi connectivity index (χ0) is 18.3. The fourth-order valence-corrected chi connectivity index (χ4v) is 6.43. The van der Waals surface area contributed by atoms with Gasteiger partial charge >= 0.3 is 0 Å². The smallest absolute Gasteiger partial charge is 0.271 e. The van der Waals surface area contributed by atoms with Crippen molar-refractivity contribution in [2.45, 2.75) is 17.4 Å². The molecule has 1 aliphatic heterocycles. The molecule has 1 amide bonds. The Morgan fingerprint density at radius 1 is 1.23 bits per heavy atom. The third kappa shape index (κ3) is 3.29. The molecule has 1 aliphatic rings. The normalized spacial score (nSPS) is 18.3. The van der Waals surface area contributed by atoms with Crippen LogP contribution in [-0.2, 0) is 9.84 Å². The predicted molar refractivity (Wildman–Crippen MR) is 104 cm³/mol. The van der Waals surface area contributed by atoms with Crippen molar-refractivity contribution >= 4 is 50.0 Å². The van der Waals surface area contributed by atoms with Crippen LogP contribution in [0.1, 0.15) is 28.5 Å². The van der Waals surface area contributed by atoms with Crippen LogP contribution in [0.2, 0.25) is 4.34 Å². The first-order valence-electron chi connectivity index (χ1n) is 7.78. The molecular weight excluding hydrogens is 412 g/mol. The monoisotopic (exact) mass is 424 g/mol. The molecule has 0 saturated carbocycles. The number of aromatic nitrogens is 1. The van der Waals surface area contributed by atoms with Crippen molar-refractivity contribution in [1.82, 2.24) is 10.3 Å². The molecule has 0 aliphatic carbocycles. The number of carbonyl (C=O) groups is 1. The maximum atomic E-state index is 12.6. The minimum absolute atomic E-state index is 0.0188. The molecule has 2 aromatic heterocycles. The minimum Gasteiger partial charge on any atom is -0.344 e. The number of halogens is 1. The molecule has 1 atom stereocenters. The Kier molecular flexibility index (Phi) is 4.60. The van der Waals surface area contributed by atoms with Gasteiger partial charge in [0.15, 0.2) is 9.84 Å². The third-order valence-corrected chi connectivity index (χ3v) is 8.19. The number of nitrogens with zero attached hydrogens (tertiary/aromatic N) is 1. The lowest BCUT2D eigenvalue weighted by Crippen LogP contribution is -2.34. The molecule has 9 heteroatoms. The number of sulfone groups is 1. The molecular formula is C17H13ClN2O3S3. The van der Waals surface area contributed by atoms with Crippen molar-refractivity contribution in [1.29, 1.82) is 0 Å². The molecule has 0 saturated heterocycles. The number of rotatable bonds is 3. The van der Waals surface area contributed by atoms with Gasteiger partial charge in [0.25, 0.3) is 5.91 Å². The van der Waals surface area contributed by atoms with Crippen LogP contribution in [0.5, 0.6) is 0 Å². The summed E-state index contributed by atoms with van der Waals surface area (Å²) in [4.78, 5) is 18.2. The number of amides is 1. The molecule has 4 rings (SSSR count). The summed E-state index contributed by atoms with van der Waals surface area (Å²) in [6, 6.07) is 10.1. The van der Waals surface area contributed by atoms with Gasteiger partial charge in [-0.1, -0.05) is 29.8 Å². The highest BCUT2D eigenvalue weighted by Gasteiger charge is 2.31. The molecule has 134 valence electrons. The summed E-state index contributed by atoms with van der Waals surface area (Å²) in [5, 5.41) is 5.35. The van der Waals surface area contributed by atoms with Crippen molar-refractivity contribution in [3.8, 4) is 9.88 Å². The number of nitrogens with one attached hydrogen (secondary N) is 1. The molecule has 0 bridgehead atoms. The Balaban J connectivity index is 1.57. The second-order valence-electron chi connectivity index (χ2n) is 5.81. The molecule has 5 nitrogen and oxygen atoms in total. The molecule has 0 fully saturated rings. The zero-order valence-electron chi connectivity index (χ0n) is 13.3. The largest absolute Gasteiger partial charge is 0.344 e. The van der Waals surface area contributed by atoms with Gasteiger partial charge in [-0.25, -0.2) is 13.4 Å². The Morgan fingerprint density at radius 2 is 2.04 bits per heavy atom. The van der Waals surface area contributed by atoms with Crippen LogP contribution in [0.4, 0.5) is 0 Å². The van der Waals surface area contributed by atoms with E-state index in [1.54, 1.807) is 35.7 Å². The third-order valence-electron chi connectivity index (χ3n) is 4.13. The van der Waals surface area contributed by atoms with Crippen LogP contribution < -0.4 is 5.32 Å². The van der Waals surface area contributed by atoms with Crippen LogP contribution in [0.15, 0.2) is 46.7 Å². The van der Waals surface area contributed by atoms with Gasteiger partial charge in [-0.3, -0.25) is 4.79 Å². The minimum atomic E-state index is -3.28.